The van der Waals surface area contributed by atoms with Crippen LogP contribution in [0.5, 0.6) is 0 Å². The molecule has 0 aromatic heterocycles. The highest BCUT2D eigenvalue weighted by molar-refractivity contribution is 5.87. The molecule has 0 bridgehead atoms. The summed E-state index contributed by atoms with van der Waals surface area (Å²) in [4.78, 5) is 10.5. The van der Waals surface area contributed by atoms with Gasteiger partial charge in [-0.1, -0.05) is 6.92 Å². The van der Waals surface area contributed by atoms with Gasteiger partial charge in [0.25, 0.3) is 0 Å². The van der Waals surface area contributed by atoms with Crippen molar-refractivity contribution in [3.63, 3.8) is 0 Å². The molecule has 0 saturated heterocycles. The molecule has 0 fully saturated rings. The normalized spacial score (nSPS) is 11.1. The van der Waals surface area contributed by atoms with Crippen LogP contribution in [0.4, 0.5) is 0 Å². The third-order valence-electron chi connectivity index (χ3n) is 0.984. The Morgan fingerprint density at radius 3 is 2.44 bits per heavy atom. The molecule has 0 heterocycles. The molecule has 0 aromatic carbocycles. The monoisotopic (exact) mass is 130 g/mol. The number of ether oxygens (including phenoxy) is 1. The van der Waals surface area contributed by atoms with Gasteiger partial charge in [-0.2, -0.15) is 0 Å². The number of aliphatic hydroxyl groups is 1. The Morgan fingerprint density at radius 2 is 2.33 bits per heavy atom. The number of methoxy groups -OCH3 is 1. The number of hydrogen-bond acceptors (Lipinski definition) is 3. The van der Waals surface area contributed by atoms with Crippen LogP contribution in [-0.4, -0.2) is 18.2 Å². The number of carbonyl (C=O) groups excluding carboxylic acids is 1. The van der Waals surface area contributed by atoms with Crippen molar-refractivity contribution in [2.24, 2.45) is 0 Å². The van der Waals surface area contributed by atoms with Crippen molar-refractivity contribution in [2.45, 2.75) is 13.3 Å². The molecule has 0 unspecified atom stereocenters. The predicted octanol–water partition coefficient (Wildman–Crippen LogP) is 1.01. The van der Waals surface area contributed by atoms with E-state index in [0.717, 1.165) is 6.26 Å². The Labute approximate surface area is 53.9 Å². The van der Waals surface area contributed by atoms with Gasteiger partial charge in [-0.3, -0.25) is 0 Å². The molecular weight excluding hydrogens is 120 g/mol. The van der Waals surface area contributed by atoms with Crippen molar-refractivity contribution < 1.29 is 14.6 Å². The summed E-state index contributed by atoms with van der Waals surface area (Å²) in [6.07, 6.45) is 1.26. The first-order chi connectivity index (χ1) is 4.26. The second-order valence-electron chi connectivity index (χ2n) is 1.50. The second kappa shape index (κ2) is 3.95. The van der Waals surface area contributed by atoms with Gasteiger partial charge in [0.05, 0.1) is 18.9 Å². The first-order valence-electron chi connectivity index (χ1n) is 2.67. The molecule has 0 aromatic rings. The molecule has 1 N–H and O–H groups in total. The van der Waals surface area contributed by atoms with Crippen molar-refractivity contribution in [1.82, 2.24) is 0 Å². The second-order valence-corrected chi connectivity index (χ2v) is 1.50. The lowest BCUT2D eigenvalue weighted by molar-refractivity contribution is -0.136. The highest BCUT2D eigenvalue weighted by Crippen LogP contribution is 1.99. The fourth-order valence-electron chi connectivity index (χ4n) is 0.419. The van der Waals surface area contributed by atoms with Gasteiger partial charge in [-0.25, -0.2) is 4.79 Å². The van der Waals surface area contributed by atoms with Gasteiger partial charge in [0.2, 0.25) is 0 Å². The third kappa shape index (κ3) is 2.17. The highest BCUT2D eigenvalue weighted by Gasteiger charge is 2.04. The fourth-order valence-corrected chi connectivity index (χ4v) is 0.419. The van der Waals surface area contributed by atoms with E-state index < -0.39 is 5.97 Å². The van der Waals surface area contributed by atoms with Gasteiger partial charge in [-0.15, -0.1) is 0 Å². The molecule has 3 heteroatoms. The van der Waals surface area contributed by atoms with Crippen LogP contribution in [0.15, 0.2) is 11.8 Å². The number of aliphatic hydroxyl groups excluding tert-OH is 1. The van der Waals surface area contributed by atoms with E-state index in [1.807, 2.05) is 0 Å². The SMILES string of the molecule is CC/C(=C\O)C(=O)OC. The zero-order chi connectivity index (χ0) is 7.28. The third-order valence-corrected chi connectivity index (χ3v) is 0.984. The van der Waals surface area contributed by atoms with Crippen molar-refractivity contribution >= 4 is 5.97 Å². The van der Waals surface area contributed by atoms with Gasteiger partial charge in [0.1, 0.15) is 0 Å². The van der Waals surface area contributed by atoms with E-state index in [9.17, 15) is 4.79 Å². The van der Waals surface area contributed by atoms with Crippen molar-refractivity contribution in [2.75, 3.05) is 7.11 Å². The zero-order valence-corrected chi connectivity index (χ0v) is 5.55. The average molecular weight is 130 g/mol. The van der Waals surface area contributed by atoms with Crippen LogP contribution in [0.1, 0.15) is 13.3 Å². The summed E-state index contributed by atoms with van der Waals surface area (Å²) >= 11 is 0. The summed E-state index contributed by atoms with van der Waals surface area (Å²) < 4.78 is 4.33. The maximum absolute atomic E-state index is 10.5. The molecule has 0 spiro atoms. The van der Waals surface area contributed by atoms with E-state index in [1.54, 1.807) is 6.92 Å². The first-order valence-corrected chi connectivity index (χ1v) is 2.67. The summed E-state index contributed by atoms with van der Waals surface area (Å²) in [5.41, 5.74) is 0.289. The minimum atomic E-state index is -0.472. The van der Waals surface area contributed by atoms with Crippen molar-refractivity contribution in [3.05, 3.63) is 11.8 Å². The molecule has 0 rings (SSSR count). The number of rotatable bonds is 2. The molecule has 0 aliphatic rings. The molecule has 52 valence electrons. The van der Waals surface area contributed by atoms with Gasteiger partial charge >= 0.3 is 5.97 Å². The lowest BCUT2D eigenvalue weighted by Gasteiger charge is -1.97. The quantitative estimate of drug-likeness (QED) is 0.344. The fraction of sp³-hybridized carbons (Fsp3) is 0.500. The van der Waals surface area contributed by atoms with E-state index in [0.29, 0.717) is 6.42 Å². The Hall–Kier alpha value is -0.990. The lowest BCUT2D eigenvalue weighted by Crippen LogP contribution is -2.03. The molecule has 0 amide bonds. The average Bonchev–Trinajstić information content (AvgIpc) is 1.90. The molecule has 3 nitrogen and oxygen atoms in total. The standard InChI is InChI=1S/C6H10O3/c1-3-5(4-7)6(8)9-2/h4,7H,3H2,1-2H3/b5-4+. The molecule has 0 radical (unpaired) electrons. The Morgan fingerprint density at radius 1 is 1.78 bits per heavy atom. The molecular formula is C6H10O3. The van der Waals surface area contributed by atoms with Crippen LogP contribution in [0, 0.1) is 0 Å². The van der Waals surface area contributed by atoms with Gasteiger partial charge < -0.3 is 9.84 Å². The highest BCUT2D eigenvalue weighted by atomic mass is 16.5. The van der Waals surface area contributed by atoms with Crippen LogP contribution in [-0.2, 0) is 9.53 Å². The topological polar surface area (TPSA) is 46.5 Å². The van der Waals surface area contributed by atoms with E-state index in [2.05, 4.69) is 4.74 Å². The van der Waals surface area contributed by atoms with E-state index in [-0.39, 0.29) is 5.57 Å². The summed E-state index contributed by atoms with van der Waals surface area (Å²) in [7, 11) is 1.28. The smallest absolute Gasteiger partial charge is 0.336 e. The summed E-state index contributed by atoms with van der Waals surface area (Å²) in [5.74, 6) is -0.472. The predicted molar refractivity (Wildman–Crippen MR) is 33.0 cm³/mol. The van der Waals surface area contributed by atoms with E-state index in [4.69, 9.17) is 5.11 Å². The maximum Gasteiger partial charge on any atom is 0.336 e. The van der Waals surface area contributed by atoms with Crippen LogP contribution in [0.3, 0.4) is 0 Å². The zero-order valence-electron chi connectivity index (χ0n) is 5.55. The van der Waals surface area contributed by atoms with Gasteiger partial charge in [0, 0.05) is 0 Å². The maximum atomic E-state index is 10.5. The van der Waals surface area contributed by atoms with Crippen molar-refractivity contribution in [3.8, 4) is 0 Å². The Balaban J connectivity index is 3.97. The number of carbonyl (C=O) groups is 1. The molecule has 0 saturated carbocycles. The summed E-state index contributed by atoms with van der Waals surface area (Å²) in [6.45, 7) is 1.76. The molecule has 0 aliphatic heterocycles. The van der Waals surface area contributed by atoms with Crippen LogP contribution in [0.2, 0.25) is 0 Å². The van der Waals surface area contributed by atoms with Gasteiger partial charge in [0.15, 0.2) is 0 Å². The van der Waals surface area contributed by atoms with Crippen LogP contribution >= 0.6 is 0 Å². The van der Waals surface area contributed by atoms with Crippen LogP contribution in [0.25, 0.3) is 0 Å². The lowest BCUT2D eigenvalue weighted by atomic mass is 10.2. The largest absolute Gasteiger partial charge is 0.515 e. The molecule has 0 atom stereocenters. The molecule has 0 aliphatic carbocycles. The molecule has 9 heavy (non-hydrogen) atoms. The number of hydrogen-bond donors (Lipinski definition) is 1. The van der Waals surface area contributed by atoms with E-state index >= 15 is 0 Å². The minimum Gasteiger partial charge on any atom is -0.515 e. The number of esters is 1. The summed E-state index contributed by atoms with van der Waals surface area (Å²) in [6, 6.07) is 0. The van der Waals surface area contributed by atoms with Gasteiger partial charge in [-0.05, 0) is 6.42 Å². The minimum absolute atomic E-state index is 0.289. The summed E-state index contributed by atoms with van der Waals surface area (Å²) in [5, 5.41) is 8.36. The van der Waals surface area contributed by atoms with Crippen molar-refractivity contribution in [1.29, 1.82) is 0 Å². The first kappa shape index (κ1) is 8.01. The van der Waals surface area contributed by atoms with E-state index in [1.165, 1.54) is 7.11 Å². The Kier molecular flexibility index (Phi) is 3.51. The van der Waals surface area contributed by atoms with Crippen LogP contribution < -0.4 is 0 Å². The Bertz CT molecular complexity index is 126.